The number of carboxylic acid groups (broad SMARTS) is 1. The maximum absolute atomic E-state index is 11.2. The molecule has 0 fully saturated rings. The van der Waals surface area contributed by atoms with E-state index in [4.69, 9.17) is 39.9 Å². The standard InChI is InChI=1S/C14H13Cl3N2O2/c1-14(2,3)11-6-10(13(20)21)18-19(11)12-8(16)4-7(15)5-9(12)17/h4-6H,1-3H3,(H,20,21). The molecule has 21 heavy (non-hydrogen) atoms. The number of carboxylic acids is 1. The van der Waals surface area contributed by atoms with E-state index in [2.05, 4.69) is 5.10 Å². The number of halogens is 3. The van der Waals surface area contributed by atoms with E-state index in [9.17, 15) is 4.79 Å². The van der Waals surface area contributed by atoms with Crippen molar-refractivity contribution in [2.24, 2.45) is 0 Å². The Bertz CT molecular complexity index is 694. The summed E-state index contributed by atoms with van der Waals surface area (Å²) in [6.45, 7) is 5.84. The van der Waals surface area contributed by atoms with Crippen molar-refractivity contribution in [2.75, 3.05) is 0 Å². The molecule has 1 N–H and O–H groups in total. The fourth-order valence-electron chi connectivity index (χ4n) is 1.93. The summed E-state index contributed by atoms with van der Waals surface area (Å²) in [4.78, 5) is 11.2. The Hall–Kier alpha value is -1.23. The van der Waals surface area contributed by atoms with Crippen LogP contribution >= 0.6 is 34.8 Å². The highest BCUT2D eigenvalue weighted by Crippen LogP contribution is 2.35. The smallest absolute Gasteiger partial charge is 0.356 e. The van der Waals surface area contributed by atoms with Crippen LogP contribution in [-0.4, -0.2) is 20.9 Å². The molecule has 112 valence electrons. The fraction of sp³-hybridized carbons (Fsp3) is 0.286. The zero-order valence-electron chi connectivity index (χ0n) is 11.6. The molecule has 0 bridgehead atoms. The first-order valence-electron chi connectivity index (χ1n) is 6.10. The van der Waals surface area contributed by atoms with E-state index in [0.29, 0.717) is 26.4 Å². The third-order valence-corrected chi connectivity index (χ3v) is 3.68. The van der Waals surface area contributed by atoms with E-state index < -0.39 is 5.97 Å². The van der Waals surface area contributed by atoms with Crippen LogP contribution in [0.5, 0.6) is 0 Å². The Kier molecular flexibility index (Phi) is 4.24. The molecular formula is C14H13Cl3N2O2. The summed E-state index contributed by atoms with van der Waals surface area (Å²) in [5.41, 5.74) is 0.695. The summed E-state index contributed by atoms with van der Waals surface area (Å²) in [5, 5.41) is 14.3. The Morgan fingerprint density at radius 2 is 1.67 bits per heavy atom. The van der Waals surface area contributed by atoms with E-state index in [1.807, 2.05) is 20.8 Å². The van der Waals surface area contributed by atoms with E-state index in [0.717, 1.165) is 0 Å². The molecule has 2 rings (SSSR count). The lowest BCUT2D eigenvalue weighted by Gasteiger charge is -2.21. The minimum atomic E-state index is -1.11. The van der Waals surface area contributed by atoms with Crippen molar-refractivity contribution < 1.29 is 9.90 Å². The van der Waals surface area contributed by atoms with Gasteiger partial charge in [0.15, 0.2) is 5.69 Å². The molecule has 2 aromatic rings. The summed E-state index contributed by atoms with van der Waals surface area (Å²) in [7, 11) is 0. The molecule has 1 aromatic heterocycles. The van der Waals surface area contributed by atoms with Gasteiger partial charge in [-0.1, -0.05) is 55.6 Å². The Labute approximate surface area is 137 Å². The second-order valence-electron chi connectivity index (χ2n) is 5.60. The largest absolute Gasteiger partial charge is 0.476 e. The van der Waals surface area contributed by atoms with Crippen LogP contribution in [0.1, 0.15) is 37.0 Å². The number of rotatable bonds is 2. The molecule has 4 nitrogen and oxygen atoms in total. The first-order chi connectivity index (χ1) is 9.61. The van der Waals surface area contributed by atoms with Crippen LogP contribution in [0.25, 0.3) is 5.69 Å². The molecule has 0 saturated carbocycles. The number of aromatic carboxylic acids is 1. The van der Waals surface area contributed by atoms with Crippen LogP contribution in [-0.2, 0) is 5.41 Å². The molecule has 1 heterocycles. The number of nitrogens with zero attached hydrogens (tertiary/aromatic N) is 2. The second kappa shape index (κ2) is 5.52. The molecular weight excluding hydrogens is 335 g/mol. The third-order valence-electron chi connectivity index (χ3n) is 2.89. The van der Waals surface area contributed by atoms with Gasteiger partial charge in [-0.2, -0.15) is 5.10 Å². The molecule has 0 saturated heterocycles. The SMILES string of the molecule is CC(C)(C)c1cc(C(=O)O)nn1-c1c(Cl)cc(Cl)cc1Cl. The zero-order chi connectivity index (χ0) is 15.9. The normalized spacial score (nSPS) is 11.7. The predicted octanol–water partition coefficient (Wildman–Crippen LogP) is 4.83. The molecule has 0 aliphatic rings. The van der Waals surface area contributed by atoms with Gasteiger partial charge < -0.3 is 5.11 Å². The van der Waals surface area contributed by atoms with Gasteiger partial charge in [0.25, 0.3) is 0 Å². The zero-order valence-corrected chi connectivity index (χ0v) is 13.9. The van der Waals surface area contributed by atoms with Crippen molar-refractivity contribution in [1.82, 2.24) is 9.78 Å². The van der Waals surface area contributed by atoms with Crippen molar-refractivity contribution >= 4 is 40.8 Å². The van der Waals surface area contributed by atoms with E-state index in [1.165, 1.54) is 10.7 Å². The summed E-state index contributed by atoms with van der Waals surface area (Å²) in [6, 6.07) is 4.60. The number of benzene rings is 1. The van der Waals surface area contributed by atoms with E-state index >= 15 is 0 Å². The van der Waals surface area contributed by atoms with Crippen LogP contribution in [0, 0.1) is 0 Å². The van der Waals surface area contributed by atoms with Crippen LogP contribution in [0.4, 0.5) is 0 Å². The summed E-state index contributed by atoms with van der Waals surface area (Å²) < 4.78 is 1.46. The Morgan fingerprint density at radius 1 is 1.14 bits per heavy atom. The van der Waals surface area contributed by atoms with Gasteiger partial charge in [0, 0.05) is 10.4 Å². The van der Waals surface area contributed by atoms with Crippen LogP contribution in [0.2, 0.25) is 15.1 Å². The van der Waals surface area contributed by atoms with Crippen molar-refractivity contribution in [3.8, 4) is 5.69 Å². The molecule has 0 spiro atoms. The molecule has 0 aliphatic heterocycles. The summed E-state index contributed by atoms with van der Waals surface area (Å²) in [6.07, 6.45) is 0. The van der Waals surface area contributed by atoms with Gasteiger partial charge in [0.1, 0.15) is 5.69 Å². The van der Waals surface area contributed by atoms with Crippen LogP contribution < -0.4 is 0 Å². The number of hydrogen-bond acceptors (Lipinski definition) is 2. The van der Waals surface area contributed by atoms with Gasteiger partial charge in [-0.05, 0) is 18.2 Å². The Morgan fingerprint density at radius 3 is 2.10 bits per heavy atom. The van der Waals surface area contributed by atoms with Crippen LogP contribution in [0.3, 0.4) is 0 Å². The minimum absolute atomic E-state index is 0.0676. The average Bonchev–Trinajstić information content (AvgIpc) is 2.71. The molecule has 0 amide bonds. The molecule has 0 radical (unpaired) electrons. The first-order valence-corrected chi connectivity index (χ1v) is 7.23. The van der Waals surface area contributed by atoms with Crippen molar-refractivity contribution in [3.05, 3.63) is 44.7 Å². The predicted molar refractivity (Wildman–Crippen MR) is 84.3 cm³/mol. The van der Waals surface area contributed by atoms with Gasteiger partial charge in [0.2, 0.25) is 0 Å². The number of aromatic nitrogens is 2. The molecule has 0 atom stereocenters. The summed E-state index contributed by atoms with van der Waals surface area (Å²) in [5.74, 6) is -1.11. The minimum Gasteiger partial charge on any atom is -0.476 e. The molecule has 7 heteroatoms. The van der Waals surface area contributed by atoms with Gasteiger partial charge in [-0.15, -0.1) is 0 Å². The topological polar surface area (TPSA) is 55.1 Å². The summed E-state index contributed by atoms with van der Waals surface area (Å²) >= 11 is 18.3. The molecule has 0 aliphatic carbocycles. The lowest BCUT2D eigenvalue weighted by Crippen LogP contribution is -2.17. The molecule has 1 aromatic carbocycles. The Balaban J connectivity index is 2.77. The fourth-order valence-corrected chi connectivity index (χ4v) is 2.90. The van der Waals surface area contributed by atoms with Gasteiger partial charge >= 0.3 is 5.97 Å². The van der Waals surface area contributed by atoms with Gasteiger partial charge in [-0.3, -0.25) is 0 Å². The quantitative estimate of drug-likeness (QED) is 0.846. The maximum Gasteiger partial charge on any atom is 0.356 e. The third kappa shape index (κ3) is 3.18. The van der Waals surface area contributed by atoms with Crippen molar-refractivity contribution in [2.45, 2.75) is 26.2 Å². The van der Waals surface area contributed by atoms with Crippen LogP contribution in [0.15, 0.2) is 18.2 Å². The average molecular weight is 348 g/mol. The lowest BCUT2D eigenvalue weighted by molar-refractivity contribution is 0.0690. The highest BCUT2D eigenvalue weighted by atomic mass is 35.5. The van der Waals surface area contributed by atoms with E-state index in [1.54, 1.807) is 12.1 Å². The highest BCUT2D eigenvalue weighted by Gasteiger charge is 2.26. The monoisotopic (exact) mass is 346 g/mol. The number of carbonyl (C=O) groups is 1. The van der Waals surface area contributed by atoms with Gasteiger partial charge in [0.05, 0.1) is 15.7 Å². The molecule has 0 unspecified atom stereocenters. The van der Waals surface area contributed by atoms with Crippen molar-refractivity contribution in [1.29, 1.82) is 0 Å². The van der Waals surface area contributed by atoms with Gasteiger partial charge in [-0.25, -0.2) is 9.48 Å². The van der Waals surface area contributed by atoms with E-state index in [-0.39, 0.29) is 11.1 Å². The lowest BCUT2D eigenvalue weighted by atomic mass is 9.91. The van der Waals surface area contributed by atoms with Crippen molar-refractivity contribution in [3.63, 3.8) is 0 Å². The number of hydrogen-bond donors (Lipinski definition) is 1. The second-order valence-corrected chi connectivity index (χ2v) is 6.85. The highest BCUT2D eigenvalue weighted by molar-refractivity contribution is 6.40. The maximum atomic E-state index is 11.2. The first kappa shape index (κ1) is 16.1.